The highest BCUT2D eigenvalue weighted by Gasteiger charge is 2.15. The zero-order chi connectivity index (χ0) is 12.1. The van der Waals surface area contributed by atoms with Gasteiger partial charge in [-0.3, -0.25) is 0 Å². The number of esters is 1. The van der Waals surface area contributed by atoms with Gasteiger partial charge in [-0.25, -0.2) is 9.78 Å². The molecule has 1 heterocycles. The molecular formula is C12H18N2O2. The second-order valence-electron chi connectivity index (χ2n) is 4.11. The number of nitrogens with two attached hydrogens (primary N) is 1. The van der Waals surface area contributed by atoms with E-state index in [1.54, 1.807) is 18.3 Å². The Balaban J connectivity index is 2.66. The average molecular weight is 222 g/mol. The summed E-state index contributed by atoms with van der Waals surface area (Å²) in [6.45, 7) is 6.30. The first-order valence-corrected chi connectivity index (χ1v) is 5.40. The number of carbonyl (C=O) groups is 1. The first-order chi connectivity index (χ1) is 7.54. The van der Waals surface area contributed by atoms with Gasteiger partial charge in [-0.1, -0.05) is 19.9 Å². The van der Waals surface area contributed by atoms with Crippen LogP contribution in [-0.2, 0) is 11.3 Å². The number of carbonyl (C=O) groups excluding carboxylic acids is 1. The Bertz CT molecular complexity index is 347. The lowest BCUT2D eigenvalue weighted by Gasteiger charge is -2.16. The zero-order valence-corrected chi connectivity index (χ0v) is 9.93. The first kappa shape index (κ1) is 12.6. The van der Waals surface area contributed by atoms with Gasteiger partial charge in [0.25, 0.3) is 0 Å². The molecule has 0 saturated carbocycles. The van der Waals surface area contributed by atoms with Gasteiger partial charge in [0.15, 0.2) is 0 Å². The predicted octanol–water partition coefficient (Wildman–Crippen LogP) is 1.74. The summed E-state index contributed by atoms with van der Waals surface area (Å²) in [5.74, 6) is -0.0861. The Kier molecular flexibility index (Phi) is 4.43. The average Bonchev–Trinajstić information content (AvgIpc) is 2.28. The van der Waals surface area contributed by atoms with Crippen molar-refractivity contribution in [2.75, 3.05) is 0 Å². The Morgan fingerprint density at radius 3 is 2.56 bits per heavy atom. The molecule has 0 amide bonds. The van der Waals surface area contributed by atoms with Gasteiger partial charge in [-0.2, -0.15) is 0 Å². The van der Waals surface area contributed by atoms with E-state index in [-0.39, 0.29) is 12.1 Å². The monoisotopic (exact) mass is 222 g/mol. The summed E-state index contributed by atoms with van der Waals surface area (Å²) in [5, 5.41) is 0. The molecule has 16 heavy (non-hydrogen) atoms. The number of ether oxygens (including phenoxy) is 1. The summed E-state index contributed by atoms with van der Waals surface area (Å²) >= 11 is 0. The summed E-state index contributed by atoms with van der Waals surface area (Å²) in [6.07, 6.45) is 1.49. The van der Waals surface area contributed by atoms with Crippen molar-refractivity contribution < 1.29 is 9.53 Å². The second kappa shape index (κ2) is 5.61. The van der Waals surface area contributed by atoms with Crippen LogP contribution in [0.5, 0.6) is 0 Å². The third kappa shape index (κ3) is 3.31. The SMILES string of the molecule is CC(C)C(C)OC(=O)c1ccc(CN)cn1. The third-order valence-electron chi connectivity index (χ3n) is 2.50. The lowest BCUT2D eigenvalue weighted by Crippen LogP contribution is -2.20. The number of rotatable bonds is 4. The van der Waals surface area contributed by atoms with E-state index in [1.165, 1.54) is 0 Å². The molecule has 0 fully saturated rings. The largest absolute Gasteiger partial charge is 0.458 e. The van der Waals surface area contributed by atoms with Crippen molar-refractivity contribution in [3.63, 3.8) is 0 Å². The molecular weight excluding hydrogens is 204 g/mol. The van der Waals surface area contributed by atoms with Crippen LogP contribution < -0.4 is 5.73 Å². The lowest BCUT2D eigenvalue weighted by atomic mass is 10.1. The molecule has 0 saturated heterocycles. The maximum absolute atomic E-state index is 11.6. The van der Waals surface area contributed by atoms with Crippen LogP contribution in [-0.4, -0.2) is 17.1 Å². The van der Waals surface area contributed by atoms with Crippen LogP contribution in [0.2, 0.25) is 0 Å². The van der Waals surface area contributed by atoms with Crippen LogP contribution in [0.1, 0.15) is 36.8 Å². The summed E-state index contributed by atoms with van der Waals surface area (Å²) in [5.41, 5.74) is 6.66. The number of pyridine rings is 1. The molecule has 0 aromatic carbocycles. The second-order valence-corrected chi connectivity index (χ2v) is 4.11. The van der Waals surface area contributed by atoms with E-state index in [1.807, 2.05) is 20.8 Å². The van der Waals surface area contributed by atoms with E-state index < -0.39 is 0 Å². The predicted molar refractivity (Wildman–Crippen MR) is 61.8 cm³/mol. The van der Waals surface area contributed by atoms with Crippen molar-refractivity contribution in [3.05, 3.63) is 29.6 Å². The fraction of sp³-hybridized carbons (Fsp3) is 0.500. The molecule has 0 bridgehead atoms. The maximum Gasteiger partial charge on any atom is 0.357 e. The molecule has 1 aromatic rings. The van der Waals surface area contributed by atoms with Crippen molar-refractivity contribution >= 4 is 5.97 Å². The first-order valence-electron chi connectivity index (χ1n) is 5.40. The van der Waals surface area contributed by atoms with Crippen LogP contribution in [0.4, 0.5) is 0 Å². The topological polar surface area (TPSA) is 65.2 Å². The molecule has 88 valence electrons. The Hall–Kier alpha value is -1.42. The summed E-state index contributed by atoms with van der Waals surface area (Å²) in [6, 6.07) is 3.42. The Labute approximate surface area is 95.8 Å². The van der Waals surface area contributed by atoms with Crippen molar-refractivity contribution in [2.45, 2.75) is 33.4 Å². The maximum atomic E-state index is 11.6. The normalized spacial score (nSPS) is 12.6. The fourth-order valence-corrected chi connectivity index (χ4v) is 1.03. The minimum Gasteiger partial charge on any atom is -0.458 e. The highest BCUT2D eigenvalue weighted by Crippen LogP contribution is 2.09. The van der Waals surface area contributed by atoms with Crippen molar-refractivity contribution in [1.29, 1.82) is 0 Å². The molecule has 2 N–H and O–H groups in total. The number of hydrogen-bond donors (Lipinski definition) is 1. The fourth-order valence-electron chi connectivity index (χ4n) is 1.03. The highest BCUT2D eigenvalue weighted by atomic mass is 16.5. The van der Waals surface area contributed by atoms with Gasteiger partial charge in [-0.15, -0.1) is 0 Å². The van der Waals surface area contributed by atoms with E-state index in [0.717, 1.165) is 5.56 Å². The van der Waals surface area contributed by atoms with Gasteiger partial charge in [0.1, 0.15) is 11.8 Å². The minimum absolute atomic E-state index is 0.108. The third-order valence-corrected chi connectivity index (χ3v) is 2.50. The number of aromatic nitrogens is 1. The van der Waals surface area contributed by atoms with Crippen molar-refractivity contribution in [3.8, 4) is 0 Å². The van der Waals surface area contributed by atoms with Gasteiger partial charge in [0.05, 0.1) is 0 Å². The molecule has 0 aliphatic carbocycles. The van der Waals surface area contributed by atoms with Gasteiger partial charge in [0.2, 0.25) is 0 Å². The lowest BCUT2D eigenvalue weighted by molar-refractivity contribution is 0.0231. The zero-order valence-electron chi connectivity index (χ0n) is 9.93. The molecule has 0 radical (unpaired) electrons. The molecule has 0 spiro atoms. The molecule has 0 aliphatic rings. The molecule has 1 unspecified atom stereocenters. The molecule has 4 nitrogen and oxygen atoms in total. The van der Waals surface area contributed by atoms with E-state index in [9.17, 15) is 4.79 Å². The number of nitrogens with zero attached hydrogens (tertiary/aromatic N) is 1. The van der Waals surface area contributed by atoms with Crippen molar-refractivity contribution in [2.24, 2.45) is 11.7 Å². The molecule has 1 aromatic heterocycles. The quantitative estimate of drug-likeness (QED) is 0.788. The molecule has 1 atom stereocenters. The summed E-state index contributed by atoms with van der Waals surface area (Å²) < 4.78 is 5.24. The van der Waals surface area contributed by atoms with Gasteiger partial charge in [-0.05, 0) is 24.5 Å². The standard InChI is InChI=1S/C12H18N2O2/c1-8(2)9(3)16-12(15)11-5-4-10(6-13)7-14-11/h4-5,7-9H,6,13H2,1-3H3. The number of hydrogen-bond acceptors (Lipinski definition) is 4. The van der Waals surface area contributed by atoms with Crippen LogP contribution in [0, 0.1) is 5.92 Å². The Morgan fingerprint density at radius 2 is 2.12 bits per heavy atom. The van der Waals surface area contributed by atoms with Gasteiger partial charge >= 0.3 is 5.97 Å². The molecule has 0 aliphatic heterocycles. The van der Waals surface area contributed by atoms with E-state index in [2.05, 4.69) is 4.98 Å². The minimum atomic E-state index is -0.384. The van der Waals surface area contributed by atoms with Crippen LogP contribution >= 0.6 is 0 Å². The molecule has 1 rings (SSSR count). The Morgan fingerprint density at radius 1 is 1.44 bits per heavy atom. The van der Waals surface area contributed by atoms with Crippen LogP contribution in [0.3, 0.4) is 0 Å². The summed E-state index contributed by atoms with van der Waals surface area (Å²) in [7, 11) is 0. The molecule has 4 heteroatoms. The van der Waals surface area contributed by atoms with Crippen LogP contribution in [0.15, 0.2) is 18.3 Å². The van der Waals surface area contributed by atoms with Crippen LogP contribution in [0.25, 0.3) is 0 Å². The van der Waals surface area contributed by atoms with E-state index in [0.29, 0.717) is 18.2 Å². The van der Waals surface area contributed by atoms with E-state index >= 15 is 0 Å². The van der Waals surface area contributed by atoms with Gasteiger partial charge in [0, 0.05) is 12.7 Å². The van der Waals surface area contributed by atoms with Gasteiger partial charge < -0.3 is 10.5 Å². The summed E-state index contributed by atoms with van der Waals surface area (Å²) in [4.78, 5) is 15.7. The van der Waals surface area contributed by atoms with E-state index in [4.69, 9.17) is 10.5 Å². The van der Waals surface area contributed by atoms with Crippen molar-refractivity contribution in [1.82, 2.24) is 4.98 Å². The smallest absolute Gasteiger partial charge is 0.357 e. The highest BCUT2D eigenvalue weighted by molar-refractivity contribution is 5.87.